The van der Waals surface area contributed by atoms with E-state index in [-0.39, 0.29) is 0 Å². The minimum Gasteiger partial charge on any atom is -0.261 e. The molecule has 7 aromatic carbocycles. The van der Waals surface area contributed by atoms with E-state index in [1.807, 2.05) is 30.7 Å². The summed E-state index contributed by atoms with van der Waals surface area (Å²) in [5.41, 5.74) is 10.7. The molecule has 0 atom stereocenters. The van der Waals surface area contributed by atoms with Gasteiger partial charge in [-0.05, 0) is 97.0 Å². The van der Waals surface area contributed by atoms with Crippen LogP contribution in [0.25, 0.3) is 98.8 Å². The van der Waals surface area contributed by atoms with E-state index < -0.39 is 0 Å². The van der Waals surface area contributed by atoms with Crippen LogP contribution in [0.4, 0.5) is 0 Å². The lowest BCUT2D eigenvalue weighted by Gasteiger charge is -2.17. The van der Waals surface area contributed by atoms with Gasteiger partial charge < -0.3 is 0 Å². The summed E-state index contributed by atoms with van der Waals surface area (Å²) in [6.45, 7) is 0. The maximum atomic E-state index is 4.82. The van der Waals surface area contributed by atoms with Crippen molar-refractivity contribution in [1.29, 1.82) is 0 Å². The maximum Gasteiger partial charge on any atom is 0.0891 e. The smallest absolute Gasteiger partial charge is 0.0891 e. The fourth-order valence-corrected chi connectivity index (χ4v) is 7.29. The molecule has 0 aliphatic carbocycles. The average molecular weight is 611 g/mol. The Morgan fingerprint density at radius 1 is 0.354 bits per heavy atom. The SMILES string of the molecule is c1ccc2ncc(-c3cc(-c4cnc5ccccc5c4)cc(-c4ccc5ccc6c(-c7cnccn7)ccc7ccc4c5c76)c3)cc2c1. The lowest BCUT2D eigenvalue weighted by molar-refractivity contribution is 1.21. The van der Waals surface area contributed by atoms with Gasteiger partial charge in [-0.15, -0.1) is 0 Å². The zero-order chi connectivity index (χ0) is 31.6. The van der Waals surface area contributed by atoms with Gasteiger partial charge >= 0.3 is 0 Å². The van der Waals surface area contributed by atoms with Crippen LogP contribution in [0, 0.1) is 0 Å². The summed E-state index contributed by atoms with van der Waals surface area (Å²) in [5.74, 6) is 0. The highest BCUT2D eigenvalue weighted by Gasteiger charge is 2.17. The van der Waals surface area contributed by atoms with E-state index in [1.165, 1.54) is 37.9 Å². The third-order valence-electron chi connectivity index (χ3n) is 9.60. The zero-order valence-electron chi connectivity index (χ0n) is 25.8. The highest BCUT2D eigenvalue weighted by Crippen LogP contribution is 2.43. The summed E-state index contributed by atoms with van der Waals surface area (Å²) in [4.78, 5) is 18.6. The number of hydrogen-bond donors (Lipinski definition) is 0. The van der Waals surface area contributed by atoms with E-state index in [0.29, 0.717) is 0 Å². The predicted molar refractivity (Wildman–Crippen MR) is 198 cm³/mol. The first kappa shape index (κ1) is 26.7. The Hall–Kier alpha value is -6.52. The normalized spacial score (nSPS) is 11.8. The van der Waals surface area contributed by atoms with Gasteiger partial charge in [-0.1, -0.05) is 84.9 Å². The van der Waals surface area contributed by atoms with Crippen molar-refractivity contribution in [3.8, 4) is 44.6 Å². The number of hydrogen-bond acceptors (Lipinski definition) is 4. The highest BCUT2D eigenvalue weighted by molar-refractivity contribution is 6.27. The molecule has 0 spiro atoms. The minimum absolute atomic E-state index is 0.876. The Morgan fingerprint density at radius 2 is 0.896 bits per heavy atom. The van der Waals surface area contributed by atoms with Crippen LogP contribution in [0.2, 0.25) is 0 Å². The fourth-order valence-electron chi connectivity index (χ4n) is 7.29. The van der Waals surface area contributed by atoms with Crippen LogP contribution in [0.15, 0.2) is 158 Å². The van der Waals surface area contributed by atoms with Crippen LogP contribution < -0.4 is 0 Å². The van der Waals surface area contributed by atoms with Crippen molar-refractivity contribution in [2.45, 2.75) is 0 Å². The maximum absolute atomic E-state index is 4.82. The number of pyridine rings is 2. The molecule has 0 saturated carbocycles. The van der Waals surface area contributed by atoms with Crippen molar-refractivity contribution < 1.29 is 0 Å². The first-order valence-electron chi connectivity index (χ1n) is 16.1. The number of aromatic nitrogens is 4. The molecule has 48 heavy (non-hydrogen) atoms. The minimum atomic E-state index is 0.876. The lowest BCUT2D eigenvalue weighted by atomic mass is 9.86. The molecule has 0 saturated heterocycles. The van der Waals surface area contributed by atoms with E-state index in [0.717, 1.165) is 60.9 Å². The second kappa shape index (κ2) is 10.5. The molecule has 0 amide bonds. The Kier molecular flexibility index (Phi) is 5.84. The van der Waals surface area contributed by atoms with Gasteiger partial charge in [0.1, 0.15) is 0 Å². The van der Waals surface area contributed by atoms with Crippen molar-refractivity contribution in [3.63, 3.8) is 0 Å². The van der Waals surface area contributed by atoms with Crippen LogP contribution in [0.5, 0.6) is 0 Å². The van der Waals surface area contributed by atoms with Crippen molar-refractivity contribution in [3.05, 3.63) is 158 Å². The standard InChI is InChI=1S/C44H26N4/c1-3-7-40-29(5-1)19-34(24-47-40)31-21-32(35-20-30-6-2-4-8-41(30)48-25-35)23-33(22-31)36-13-9-27-12-16-39-37(42-26-45-17-18-46-42)14-10-28-11-15-38(36)43(27)44(28)39/h1-26H. The third kappa shape index (κ3) is 4.24. The second-order valence-corrected chi connectivity index (χ2v) is 12.4. The molecule has 10 aromatic rings. The van der Waals surface area contributed by atoms with Gasteiger partial charge in [0.2, 0.25) is 0 Å². The van der Waals surface area contributed by atoms with Gasteiger partial charge in [-0.25, -0.2) is 0 Å². The zero-order valence-corrected chi connectivity index (χ0v) is 25.8. The lowest BCUT2D eigenvalue weighted by Crippen LogP contribution is -1.92. The predicted octanol–water partition coefficient (Wildman–Crippen LogP) is 11.1. The van der Waals surface area contributed by atoms with Crippen LogP contribution >= 0.6 is 0 Å². The van der Waals surface area contributed by atoms with Crippen molar-refractivity contribution in [2.75, 3.05) is 0 Å². The van der Waals surface area contributed by atoms with E-state index in [1.54, 1.807) is 12.4 Å². The monoisotopic (exact) mass is 610 g/mol. The van der Waals surface area contributed by atoms with Crippen molar-refractivity contribution >= 4 is 54.1 Å². The van der Waals surface area contributed by atoms with Gasteiger partial charge in [-0.2, -0.15) is 0 Å². The Morgan fingerprint density at radius 3 is 1.50 bits per heavy atom. The first-order valence-corrected chi connectivity index (χ1v) is 16.1. The molecule has 4 heteroatoms. The molecule has 0 aliphatic heterocycles. The summed E-state index contributed by atoms with van der Waals surface area (Å²) < 4.78 is 0. The fraction of sp³-hybridized carbons (Fsp3) is 0. The molecule has 10 rings (SSSR count). The number of benzene rings is 7. The van der Waals surface area contributed by atoms with Crippen molar-refractivity contribution in [2.24, 2.45) is 0 Å². The topological polar surface area (TPSA) is 51.6 Å². The summed E-state index contributed by atoms with van der Waals surface area (Å²) in [7, 11) is 0. The molecule has 0 radical (unpaired) electrons. The highest BCUT2D eigenvalue weighted by atomic mass is 14.8. The first-order chi connectivity index (χ1) is 23.8. The molecular formula is C44H26N4. The molecular weight excluding hydrogens is 585 g/mol. The summed E-state index contributed by atoms with van der Waals surface area (Å²) in [6, 6.07) is 45.8. The summed E-state index contributed by atoms with van der Waals surface area (Å²) >= 11 is 0. The van der Waals surface area contributed by atoms with E-state index in [4.69, 9.17) is 9.97 Å². The van der Waals surface area contributed by atoms with Crippen LogP contribution in [-0.4, -0.2) is 19.9 Å². The molecule has 3 aromatic heterocycles. The van der Waals surface area contributed by atoms with Crippen molar-refractivity contribution in [1.82, 2.24) is 19.9 Å². The average Bonchev–Trinajstić information content (AvgIpc) is 3.16. The van der Waals surface area contributed by atoms with E-state index in [2.05, 4.69) is 125 Å². The van der Waals surface area contributed by atoms with Gasteiger partial charge in [0.15, 0.2) is 0 Å². The molecule has 222 valence electrons. The van der Waals surface area contributed by atoms with Gasteiger partial charge in [0.05, 0.1) is 22.9 Å². The number of nitrogens with zero attached hydrogens (tertiary/aromatic N) is 4. The molecule has 0 N–H and O–H groups in total. The Labute approximate surface area is 276 Å². The molecule has 0 fully saturated rings. The van der Waals surface area contributed by atoms with E-state index >= 15 is 0 Å². The molecule has 3 heterocycles. The summed E-state index contributed by atoms with van der Waals surface area (Å²) in [6.07, 6.45) is 9.29. The second-order valence-electron chi connectivity index (χ2n) is 12.4. The number of fused-ring (bicyclic) bond motifs is 2. The molecule has 4 nitrogen and oxygen atoms in total. The molecule has 0 aliphatic rings. The summed E-state index contributed by atoms with van der Waals surface area (Å²) in [5, 5.41) is 9.60. The number of para-hydroxylation sites is 2. The van der Waals surface area contributed by atoms with Crippen LogP contribution in [-0.2, 0) is 0 Å². The van der Waals surface area contributed by atoms with Gasteiger partial charge in [0, 0.05) is 52.3 Å². The van der Waals surface area contributed by atoms with Gasteiger partial charge in [-0.3, -0.25) is 19.9 Å². The Balaban J connectivity index is 1.23. The Bertz CT molecular complexity index is 2740. The molecule has 0 unspecified atom stereocenters. The largest absolute Gasteiger partial charge is 0.261 e. The molecule has 0 bridgehead atoms. The van der Waals surface area contributed by atoms with Crippen LogP contribution in [0.1, 0.15) is 0 Å². The van der Waals surface area contributed by atoms with Crippen LogP contribution in [0.3, 0.4) is 0 Å². The van der Waals surface area contributed by atoms with E-state index in [9.17, 15) is 0 Å². The van der Waals surface area contributed by atoms with Gasteiger partial charge in [0.25, 0.3) is 0 Å². The third-order valence-corrected chi connectivity index (χ3v) is 9.60. The quantitative estimate of drug-likeness (QED) is 0.186. The number of rotatable bonds is 4.